The van der Waals surface area contributed by atoms with Gasteiger partial charge >= 0.3 is 0 Å². The van der Waals surface area contributed by atoms with Crippen LogP contribution < -0.4 is 0 Å². The molecular formula is C113H310O23S8. The summed E-state index contributed by atoms with van der Waals surface area (Å²) in [4.78, 5) is 0. The largest absolute Gasteiger partial charge is 0.379 e. The molecule has 0 spiro atoms. The molecule has 0 aromatic carbocycles. The summed E-state index contributed by atoms with van der Waals surface area (Å²) in [7, 11) is 0. The normalized spacial score (nSPS) is 11.2. The quantitative estimate of drug-likeness (QED) is 0.0518. The van der Waals surface area contributed by atoms with Gasteiger partial charge in [-0.15, -0.1) is 0 Å². The van der Waals surface area contributed by atoms with Crippen molar-refractivity contribution in [3.05, 3.63) is 0 Å². The molecule has 1 saturated carbocycles. The molecule has 8 atom stereocenters. The Morgan fingerprint density at radius 3 is 0.417 bits per heavy atom. The van der Waals surface area contributed by atoms with Gasteiger partial charge in [0.1, 0.15) is 36.6 Å². The van der Waals surface area contributed by atoms with Gasteiger partial charge in [0.25, 0.3) is 0 Å². The maximum atomic E-state index is 6.61. The molecule has 0 radical (unpaired) electrons. The van der Waals surface area contributed by atoms with Gasteiger partial charge in [0, 0.05) is 59.3 Å². The first kappa shape index (κ1) is 284. The highest BCUT2D eigenvalue weighted by Gasteiger charge is 2.44. The lowest BCUT2D eigenvalue weighted by Crippen LogP contribution is -2.56. The van der Waals surface area contributed by atoms with Crippen LogP contribution in [0.25, 0.3) is 0 Å². The molecule has 23 nitrogen and oxygen atoms in total. The van der Waals surface area contributed by atoms with Gasteiger partial charge in [0.2, 0.25) is 0 Å². The lowest BCUT2D eigenvalue weighted by atomic mass is 9.87. The summed E-state index contributed by atoms with van der Waals surface area (Å²) in [5, 5.41) is 0. The van der Waals surface area contributed by atoms with Crippen molar-refractivity contribution in [2.45, 2.75) is 415 Å². The second-order valence-electron chi connectivity index (χ2n) is 23.9. The molecule has 0 aromatic heterocycles. The van der Waals surface area contributed by atoms with Crippen molar-refractivity contribution in [1.82, 2.24) is 0 Å². The minimum absolute atomic E-state index is 0. The third-order valence-corrected chi connectivity index (χ3v) is 12.3. The molecule has 0 aromatic rings. The van der Waals surface area contributed by atoms with E-state index in [1.54, 1.807) is 94.1 Å². The number of hydrogen-bond acceptors (Lipinski definition) is 31. The van der Waals surface area contributed by atoms with Gasteiger partial charge in [-0.25, -0.2) is 0 Å². The van der Waals surface area contributed by atoms with Crippen molar-refractivity contribution >= 4 is 94.1 Å². The van der Waals surface area contributed by atoms with E-state index >= 15 is 0 Å². The fourth-order valence-electron chi connectivity index (χ4n) is 7.95. The van der Waals surface area contributed by atoms with Crippen LogP contribution in [0.4, 0.5) is 0 Å². The Labute approximate surface area is 961 Å². The van der Waals surface area contributed by atoms with E-state index in [-0.39, 0.29) is 336 Å². The zero-order valence-corrected chi connectivity index (χ0v) is 81.0. The molecule has 0 saturated heterocycles. The molecule has 0 bridgehead atoms. The summed E-state index contributed by atoms with van der Waals surface area (Å²) in [6.07, 6.45) is 38.0. The number of ether oxygens (including phenoxy) is 23. The minimum Gasteiger partial charge on any atom is -0.379 e. The zero-order chi connectivity index (χ0) is 83.8. The summed E-state index contributed by atoms with van der Waals surface area (Å²) >= 11 is 14.0. The molecule has 0 N–H and O–H groups in total. The average Bonchev–Trinajstić information content (AvgIpc) is 0.804. The van der Waals surface area contributed by atoms with E-state index in [0.717, 1.165) is 64.6 Å². The van der Waals surface area contributed by atoms with Crippen molar-refractivity contribution in [2.75, 3.05) is 351 Å². The summed E-state index contributed by atoms with van der Waals surface area (Å²) in [5.74, 6) is 0. The topological polar surface area (TPSA) is 212 Å². The molecular weight excluding hydrogens is 1980 g/mol. The maximum Gasteiger partial charge on any atom is 0.110 e. The summed E-state index contributed by atoms with van der Waals surface area (Å²) in [5.41, 5.74) is 0. The van der Waals surface area contributed by atoms with Crippen LogP contribution in [-0.2, 0) is 109 Å². The van der Waals surface area contributed by atoms with Crippen LogP contribution >= 0.6 is 94.1 Å². The van der Waals surface area contributed by atoms with Crippen LogP contribution in [-0.4, -0.2) is 400 Å². The Hall–Kier alpha value is 1.88. The Bertz CT molecular complexity index is 1470. The number of thioether (sulfide) groups is 8. The van der Waals surface area contributed by atoms with Gasteiger partial charge in [-0.2, -0.15) is 94.1 Å². The van der Waals surface area contributed by atoms with Gasteiger partial charge in [-0.1, -0.05) is 308 Å². The predicted molar refractivity (Wildman–Crippen MR) is 712 cm³/mol. The standard InChI is InChI=1S/C63H126O23.8C2H6S.34CH4/c1-9-17-64-25-27-72-29-31-74-46-56(79-39-33-66-19-11-3)48-76-50-58(81-41-35-68-21-13-5)51-78-53-60(83-43-37-70-23-15-7)55-86-62-45-61(63(62)84-44-38-71-24-16-8)85-54-59(82-42-36-69-22-14-6)52-77-49-57(80-40-34-67-20-12-4)47-75-32-30-73-28-26-65-18-10-2;8*1-3-2;;;;;;;;;;;;;;;;;;;;;;;;;;;;;;;;;;/h56-63H,9-55H2,1-8H3;8*1-2H3;34*1H4. The molecule has 0 heterocycles. The van der Waals surface area contributed by atoms with E-state index in [0.29, 0.717) is 191 Å². The first-order chi connectivity index (χ1) is 53.8. The second kappa shape index (κ2) is 278. The fourth-order valence-corrected chi connectivity index (χ4v) is 7.95. The second-order valence-corrected chi connectivity index (χ2v) is 30.5. The van der Waals surface area contributed by atoms with Crippen molar-refractivity contribution in [3.8, 4) is 0 Å². The van der Waals surface area contributed by atoms with E-state index in [1.807, 2.05) is 100 Å². The third kappa shape index (κ3) is 262. The van der Waals surface area contributed by atoms with Crippen molar-refractivity contribution < 1.29 is 109 Å². The highest BCUT2D eigenvalue weighted by molar-refractivity contribution is 7.99. The van der Waals surface area contributed by atoms with E-state index < -0.39 is 18.3 Å². The molecule has 1 aliphatic rings. The maximum absolute atomic E-state index is 6.61. The molecule has 1 fully saturated rings. The number of hydrogen-bond donors (Lipinski definition) is 0. The lowest BCUT2D eigenvalue weighted by Gasteiger charge is -2.44. The van der Waals surface area contributed by atoms with Crippen LogP contribution in [0, 0.1) is 0 Å². The van der Waals surface area contributed by atoms with Gasteiger partial charge in [0.05, 0.1) is 210 Å². The van der Waals surface area contributed by atoms with E-state index in [2.05, 4.69) is 55.4 Å². The van der Waals surface area contributed by atoms with Crippen LogP contribution in [0.3, 0.4) is 0 Å². The molecule has 31 heteroatoms. The highest BCUT2D eigenvalue weighted by atomic mass is 32.2. The summed E-state index contributed by atoms with van der Waals surface area (Å²) in [6.45, 7) is 33.9. The van der Waals surface area contributed by atoms with Gasteiger partial charge in [-0.05, 0) is 151 Å². The van der Waals surface area contributed by atoms with Crippen molar-refractivity contribution in [3.63, 3.8) is 0 Å². The monoisotopic (exact) mass is 2290 g/mol. The summed E-state index contributed by atoms with van der Waals surface area (Å²) < 4.78 is 138. The molecule has 948 valence electrons. The smallest absolute Gasteiger partial charge is 0.110 e. The third-order valence-electron chi connectivity index (χ3n) is 12.3. The molecule has 144 heavy (non-hydrogen) atoms. The molecule has 0 aliphatic heterocycles. The SMILES string of the molecule is C.C.C.C.C.C.C.C.C.C.C.C.C.C.C.C.C.C.C.C.C.C.C.C.C.C.C.C.C.C.C.C.C.C.CCCOCCOCCOCC(COCC(COCC(COC1CC(OCC(COCC(COCCOCCOCCC)OCCOCCC)OCCOCCC)C1OCCOCCC)OCCOCCC)OCCOCCC)OCCOCCC.CSC.CSC.CSC.CSC.CSC.CSC.CSC.CSC. The summed E-state index contributed by atoms with van der Waals surface area (Å²) in [6, 6.07) is 0. The van der Waals surface area contributed by atoms with Gasteiger partial charge in [-0.3, -0.25) is 0 Å². The molecule has 1 aliphatic carbocycles. The lowest BCUT2D eigenvalue weighted by molar-refractivity contribution is -0.229. The van der Waals surface area contributed by atoms with E-state index in [9.17, 15) is 0 Å². The van der Waals surface area contributed by atoms with Crippen LogP contribution in [0.2, 0.25) is 0 Å². The van der Waals surface area contributed by atoms with E-state index in [1.165, 1.54) is 0 Å². The molecule has 0 amide bonds. The minimum atomic E-state index is -0.420. The first-order valence-electron chi connectivity index (χ1n) is 39.6. The molecule has 8 unspecified atom stereocenters. The Morgan fingerprint density at radius 1 is 0.146 bits per heavy atom. The Balaban J connectivity index is -0.0000000407. The van der Waals surface area contributed by atoms with Crippen molar-refractivity contribution in [1.29, 1.82) is 0 Å². The van der Waals surface area contributed by atoms with Crippen LogP contribution in [0.1, 0.15) is 366 Å². The van der Waals surface area contributed by atoms with Crippen LogP contribution in [0.15, 0.2) is 0 Å². The predicted octanol–water partition coefficient (Wildman–Crippen LogP) is 36.5. The Kier molecular flexibility index (Phi) is 548. The van der Waals surface area contributed by atoms with E-state index in [4.69, 9.17) is 109 Å². The van der Waals surface area contributed by atoms with Crippen LogP contribution in [0.5, 0.6) is 0 Å². The Morgan fingerprint density at radius 2 is 0.264 bits per heavy atom. The highest BCUT2D eigenvalue weighted by Crippen LogP contribution is 2.31. The number of rotatable bonds is 74. The van der Waals surface area contributed by atoms with Crippen molar-refractivity contribution in [2.24, 2.45) is 0 Å². The fraction of sp³-hybridized carbons (Fsp3) is 1.00. The van der Waals surface area contributed by atoms with Gasteiger partial charge < -0.3 is 109 Å². The molecule has 1 rings (SSSR count). The first-order valence-corrected chi connectivity index (χ1v) is 52.7. The van der Waals surface area contributed by atoms with Gasteiger partial charge in [0.15, 0.2) is 0 Å². The zero-order valence-electron chi connectivity index (χ0n) is 74.5. The average molecular weight is 2290 g/mol.